The highest BCUT2D eigenvalue weighted by molar-refractivity contribution is 9.10. The first-order valence-corrected chi connectivity index (χ1v) is 7.25. The monoisotopic (exact) mass is 309 g/mol. The standard InChI is InChI=1S/C12H12BrN3S/c1-14-10-6-9(7-2-3-7)15-12(16-10)11-8(13)4-5-17-11/h4-7H,2-3H2,1H3,(H,14,15,16). The van der Waals surface area contributed by atoms with Gasteiger partial charge in [0.05, 0.1) is 4.88 Å². The fraction of sp³-hybridized carbons (Fsp3) is 0.333. The van der Waals surface area contributed by atoms with Gasteiger partial charge in [0.15, 0.2) is 5.82 Å². The molecule has 3 rings (SSSR count). The smallest absolute Gasteiger partial charge is 0.173 e. The third-order valence-corrected chi connectivity index (χ3v) is 4.65. The fourth-order valence-electron chi connectivity index (χ4n) is 1.74. The van der Waals surface area contributed by atoms with Gasteiger partial charge in [0.1, 0.15) is 5.82 Å². The topological polar surface area (TPSA) is 37.8 Å². The Hall–Kier alpha value is -0.940. The van der Waals surface area contributed by atoms with Crippen molar-refractivity contribution in [2.45, 2.75) is 18.8 Å². The molecule has 3 nitrogen and oxygen atoms in total. The minimum absolute atomic E-state index is 0.641. The molecule has 2 aromatic rings. The van der Waals surface area contributed by atoms with E-state index in [-0.39, 0.29) is 0 Å². The highest BCUT2D eigenvalue weighted by atomic mass is 79.9. The summed E-state index contributed by atoms with van der Waals surface area (Å²) in [6.45, 7) is 0. The number of hydrogen-bond acceptors (Lipinski definition) is 4. The van der Waals surface area contributed by atoms with Crippen LogP contribution in [0.3, 0.4) is 0 Å². The average Bonchev–Trinajstić information content (AvgIpc) is 3.11. The van der Waals surface area contributed by atoms with Crippen molar-refractivity contribution in [3.8, 4) is 10.7 Å². The van der Waals surface area contributed by atoms with Gasteiger partial charge in [-0.05, 0) is 40.2 Å². The molecule has 88 valence electrons. The maximum absolute atomic E-state index is 4.68. The first kappa shape index (κ1) is 11.2. The summed E-state index contributed by atoms with van der Waals surface area (Å²) in [7, 11) is 1.90. The van der Waals surface area contributed by atoms with E-state index >= 15 is 0 Å². The number of hydrogen-bond donors (Lipinski definition) is 1. The van der Waals surface area contributed by atoms with Crippen LogP contribution in [0.1, 0.15) is 24.5 Å². The van der Waals surface area contributed by atoms with Crippen molar-refractivity contribution in [1.82, 2.24) is 9.97 Å². The van der Waals surface area contributed by atoms with Gasteiger partial charge in [0.25, 0.3) is 0 Å². The summed E-state index contributed by atoms with van der Waals surface area (Å²) in [5, 5.41) is 5.16. The second-order valence-corrected chi connectivity index (χ2v) is 5.89. The van der Waals surface area contributed by atoms with Crippen LogP contribution >= 0.6 is 27.3 Å². The van der Waals surface area contributed by atoms with Gasteiger partial charge in [0.2, 0.25) is 0 Å². The number of nitrogens with zero attached hydrogens (tertiary/aromatic N) is 2. The van der Waals surface area contributed by atoms with Gasteiger partial charge in [-0.2, -0.15) is 0 Å². The van der Waals surface area contributed by atoms with E-state index in [0.29, 0.717) is 5.92 Å². The zero-order valence-electron chi connectivity index (χ0n) is 9.40. The summed E-state index contributed by atoms with van der Waals surface area (Å²) in [4.78, 5) is 10.3. The van der Waals surface area contributed by atoms with E-state index in [0.717, 1.165) is 21.0 Å². The molecule has 0 aliphatic heterocycles. The Bertz CT molecular complexity index is 548. The number of thiophene rings is 1. The Kier molecular flexibility index (Phi) is 2.88. The Labute approximate surface area is 112 Å². The summed E-state index contributed by atoms with van der Waals surface area (Å²) in [6, 6.07) is 4.09. The van der Waals surface area contributed by atoms with Crippen LogP contribution in [-0.2, 0) is 0 Å². The van der Waals surface area contributed by atoms with Crippen LogP contribution in [0.4, 0.5) is 5.82 Å². The predicted molar refractivity (Wildman–Crippen MR) is 74.6 cm³/mol. The molecule has 2 heterocycles. The molecule has 1 N–H and O–H groups in total. The highest BCUT2D eigenvalue weighted by Gasteiger charge is 2.26. The average molecular weight is 310 g/mol. The minimum atomic E-state index is 0.641. The number of rotatable bonds is 3. The first-order chi connectivity index (χ1) is 8.28. The van der Waals surface area contributed by atoms with Crippen LogP contribution in [0, 0.1) is 0 Å². The molecule has 0 bridgehead atoms. The molecule has 5 heteroatoms. The fourth-order valence-corrected chi connectivity index (χ4v) is 3.22. The van der Waals surface area contributed by atoms with Crippen molar-refractivity contribution in [2.24, 2.45) is 0 Å². The van der Waals surface area contributed by atoms with E-state index in [9.17, 15) is 0 Å². The third kappa shape index (κ3) is 2.21. The molecule has 0 spiro atoms. The van der Waals surface area contributed by atoms with Crippen molar-refractivity contribution in [3.63, 3.8) is 0 Å². The van der Waals surface area contributed by atoms with E-state index in [1.807, 2.05) is 18.5 Å². The largest absolute Gasteiger partial charge is 0.373 e. The Balaban J connectivity index is 2.09. The van der Waals surface area contributed by atoms with Gasteiger partial charge >= 0.3 is 0 Å². The number of anilines is 1. The Morgan fingerprint density at radius 2 is 2.24 bits per heavy atom. The normalized spacial score (nSPS) is 14.9. The summed E-state index contributed by atoms with van der Waals surface area (Å²) >= 11 is 5.20. The van der Waals surface area contributed by atoms with E-state index in [2.05, 4.69) is 37.3 Å². The lowest BCUT2D eigenvalue weighted by Gasteiger charge is -2.06. The van der Waals surface area contributed by atoms with E-state index in [1.165, 1.54) is 18.5 Å². The molecule has 1 saturated carbocycles. The number of halogens is 1. The number of aromatic nitrogens is 2. The lowest BCUT2D eigenvalue weighted by Crippen LogP contribution is -1.99. The maximum atomic E-state index is 4.68. The summed E-state index contributed by atoms with van der Waals surface area (Å²) in [5.74, 6) is 2.36. The quantitative estimate of drug-likeness (QED) is 0.934. The van der Waals surface area contributed by atoms with Gasteiger partial charge in [-0.25, -0.2) is 9.97 Å². The molecule has 2 aromatic heterocycles. The van der Waals surface area contributed by atoms with Crippen molar-refractivity contribution in [2.75, 3.05) is 12.4 Å². The maximum Gasteiger partial charge on any atom is 0.173 e. The second kappa shape index (κ2) is 4.38. The Morgan fingerprint density at radius 1 is 1.41 bits per heavy atom. The van der Waals surface area contributed by atoms with Crippen LogP contribution in [0.25, 0.3) is 10.7 Å². The van der Waals surface area contributed by atoms with Crippen molar-refractivity contribution >= 4 is 33.1 Å². The lowest BCUT2D eigenvalue weighted by atomic mass is 10.2. The van der Waals surface area contributed by atoms with Crippen LogP contribution in [0.15, 0.2) is 22.0 Å². The molecular formula is C12H12BrN3S. The minimum Gasteiger partial charge on any atom is -0.373 e. The molecular weight excluding hydrogens is 298 g/mol. The molecule has 0 unspecified atom stereocenters. The molecule has 0 saturated heterocycles. The van der Waals surface area contributed by atoms with Crippen LogP contribution in [0.5, 0.6) is 0 Å². The molecule has 0 atom stereocenters. The second-order valence-electron chi connectivity index (χ2n) is 4.12. The van der Waals surface area contributed by atoms with Crippen LogP contribution in [0.2, 0.25) is 0 Å². The van der Waals surface area contributed by atoms with Gasteiger partial charge in [0, 0.05) is 29.2 Å². The molecule has 1 fully saturated rings. The molecule has 17 heavy (non-hydrogen) atoms. The van der Waals surface area contributed by atoms with Crippen molar-refractivity contribution < 1.29 is 0 Å². The van der Waals surface area contributed by atoms with Gasteiger partial charge in [-0.3, -0.25) is 0 Å². The van der Waals surface area contributed by atoms with Crippen molar-refractivity contribution in [1.29, 1.82) is 0 Å². The van der Waals surface area contributed by atoms with Gasteiger partial charge in [-0.1, -0.05) is 0 Å². The Morgan fingerprint density at radius 3 is 2.82 bits per heavy atom. The zero-order chi connectivity index (χ0) is 11.8. The van der Waals surface area contributed by atoms with E-state index in [1.54, 1.807) is 11.3 Å². The molecule has 0 amide bonds. The van der Waals surface area contributed by atoms with E-state index in [4.69, 9.17) is 0 Å². The highest BCUT2D eigenvalue weighted by Crippen LogP contribution is 2.41. The summed E-state index contributed by atoms with van der Waals surface area (Å²) < 4.78 is 1.07. The summed E-state index contributed by atoms with van der Waals surface area (Å²) in [6.07, 6.45) is 2.51. The zero-order valence-corrected chi connectivity index (χ0v) is 11.8. The van der Waals surface area contributed by atoms with Crippen LogP contribution < -0.4 is 5.32 Å². The predicted octanol–water partition coefficient (Wildman–Crippen LogP) is 3.89. The van der Waals surface area contributed by atoms with Gasteiger partial charge < -0.3 is 5.32 Å². The first-order valence-electron chi connectivity index (χ1n) is 5.58. The van der Waals surface area contributed by atoms with Crippen LogP contribution in [-0.4, -0.2) is 17.0 Å². The third-order valence-electron chi connectivity index (χ3n) is 2.82. The number of nitrogens with one attached hydrogen (secondary N) is 1. The summed E-state index contributed by atoms with van der Waals surface area (Å²) in [5.41, 5.74) is 1.17. The molecule has 1 aliphatic carbocycles. The molecule has 0 radical (unpaired) electrons. The van der Waals surface area contributed by atoms with E-state index < -0.39 is 0 Å². The molecule has 1 aliphatic rings. The molecule has 0 aromatic carbocycles. The van der Waals surface area contributed by atoms with Gasteiger partial charge in [-0.15, -0.1) is 11.3 Å². The lowest BCUT2D eigenvalue weighted by molar-refractivity contribution is 0.996. The van der Waals surface area contributed by atoms with Crippen molar-refractivity contribution in [3.05, 3.63) is 27.7 Å². The SMILES string of the molecule is CNc1cc(C2CC2)nc(-c2sccc2Br)n1.